The zero-order valence-corrected chi connectivity index (χ0v) is 12.7. The van der Waals surface area contributed by atoms with E-state index in [9.17, 15) is 13.2 Å². The van der Waals surface area contributed by atoms with Crippen molar-refractivity contribution in [2.45, 2.75) is 43.5 Å². The van der Waals surface area contributed by atoms with E-state index >= 15 is 0 Å². The topological polar surface area (TPSA) is 63.2 Å². The van der Waals surface area contributed by atoms with Crippen LogP contribution in [0, 0.1) is 5.92 Å². The van der Waals surface area contributed by atoms with Crippen LogP contribution >= 0.6 is 0 Å². The highest BCUT2D eigenvalue weighted by Gasteiger charge is 2.23. The maximum Gasteiger partial charge on any atom is 0.223 e. The molecule has 1 aromatic carbocycles. The molecule has 0 unspecified atom stereocenters. The summed E-state index contributed by atoms with van der Waals surface area (Å²) in [5.41, 5.74) is 0.920. The van der Waals surface area contributed by atoms with E-state index in [0.29, 0.717) is 4.90 Å². The Morgan fingerprint density at radius 3 is 2.25 bits per heavy atom. The molecule has 1 aliphatic rings. The molecule has 2 rings (SSSR count). The highest BCUT2D eigenvalue weighted by molar-refractivity contribution is 7.90. The first-order valence-electron chi connectivity index (χ1n) is 6.98. The zero-order chi connectivity index (χ0) is 14.8. The summed E-state index contributed by atoms with van der Waals surface area (Å²) in [7, 11) is -3.17. The number of hydrogen-bond donors (Lipinski definition) is 1. The smallest absolute Gasteiger partial charge is 0.223 e. The molecule has 1 amide bonds. The molecule has 0 heterocycles. The van der Waals surface area contributed by atoms with Crippen molar-refractivity contribution in [3.05, 3.63) is 29.8 Å². The number of amides is 1. The number of carbonyl (C=O) groups is 1. The first kappa shape index (κ1) is 15.0. The van der Waals surface area contributed by atoms with Gasteiger partial charge in [0.25, 0.3) is 0 Å². The van der Waals surface area contributed by atoms with Crippen LogP contribution in [-0.4, -0.2) is 20.6 Å². The number of sulfone groups is 1. The van der Waals surface area contributed by atoms with Crippen LogP contribution < -0.4 is 5.32 Å². The number of hydrogen-bond acceptors (Lipinski definition) is 3. The van der Waals surface area contributed by atoms with Crippen molar-refractivity contribution >= 4 is 15.7 Å². The normalized spacial score (nSPS) is 17.9. The van der Waals surface area contributed by atoms with Crippen LogP contribution in [-0.2, 0) is 14.6 Å². The highest BCUT2D eigenvalue weighted by Crippen LogP contribution is 2.26. The maximum atomic E-state index is 12.0. The second-order valence-electron chi connectivity index (χ2n) is 5.55. The van der Waals surface area contributed by atoms with Gasteiger partial charge in [-0.05, 0) is 37.5 Å². The molecule has 20 heavy (non-hydrogen) atoms. The number of nitrogens with one attached hydrogen (secondary N) is 1. The number of carbonyl (C=O) groups excluding carboxylic acids is 1. The summed E-state index contributed by atoms with van der Waals surface area (Å²) < 4.78 is 22.8. The Hall–Kier alpha value is -1.36. The van der Waals surface area contributed by atoms with E-state index in [0.717, 1.165) is 31.2 Å². The van der Waals surface area contributed by atoms with Crippen molar-refractivity contribution in [1.82, 2.24) is 5.32 Å². The van der Waals surface area contributed by atoms with E-state index in [4.69, 9.17) is 0 Å². The molecule has 1 aromatic rings. The van der Waals surface area contributed by atoms with Gasteiger partial charge in [0, 0.05) is 12.2 Å². The first-order valence-corrected chi connectivity index (χ1v) is 8.87. The van der Waals surface area contributed by atoms with Gasteiger partial charge in [0.1, 0.15) is 0 Å². The highest BCUT2D eigenvalue weighted by atomic mass is 32.2. The molecule has 0 aromatic heterocycles. The van der Waals surface area contributed by atoms with E-state index in [-0.39, 0.29) is 17.9 Å². The van der Waals surface area contributed by atoms with Crippen molar-refractivity contribution in [2.75, 3.05) is 6.26 Å². The van der Waals surface area contributed by atoms with E-state index in [1.54, 1.807) is 24.3 Å². The SMILES string of the molecule is C[C@@H](NC(=O)C1CCCC1)c1ccc(S(C)(=O)=O)cc1. The van der Waals surface area contributed by atoms with Crippen molar-refractivity contribution in [3.63, 3.8) is 0 Å². The molecule has 0 spiro atoms. The third-order valence-electron chi connectivity index (χ3n) is 3.89. The van der Waals surface area contributed by atoms with Gasteiger partial charge in [0.15, 0.2) is 9.84 Å². The summed E-state index contributed by atoms with van der Waals surface area (Å²) in [6.07, 6.45) is 5.41. The largest absolute Gasteiger partial charge is 0.349 e. The predicted molar refractivity (Wildman–Crippen MR) is 78.1 cm³/mol. The Morgan fingerprint density at radius 2 is 1.75 bits per heavy atom. The molecule has 0 saturated heterocycles. The Kier molecular flexibility index (Phi) is 4.48. The number of rotatable bonds is 4. The lowest BCUT2D eigenvalue weighted by molar-refractivity contribution is -0.125. The lowest BCUT2D eigenvalue weighted by Gasteiger charge is -2.17. The van der Waals surface area contributed by atoms with Gasteiger partial charge >= 0.3 is 0 Å². The fourth-order valence-corrected chi connectivity index (χ4v) is 3.24. The van der Waals surface area contributed by atoms with Crippen LogP contribution in [0.2, 0.25) is 0 Å². The summed E-state index contributed by atoms with van der Waals surface area (Å²) in [4.78, 5) is 12.3. The van der Waals surface area contributed by atoms with Gasteiger partial charge in [0.05, 0.1) is 10.9 Å². The third kappa shape index (κ3) is 3.60. The van der Waals surface area contributed by atoms with Crippen molar-refractivity contribution in [2.24, 2.45) is 5.92 Å². The van der Waals surface area contributed by atoms with E-state index in [1.807, 2.05) is 6.92 Å². The lowest BCUT2D eigenvalue weighted by atomic mass is 10.0. The molecule has 0 radical (unpaired) electrons. The minimum absolute atomic E-state index is 0.100. The molecule has 4 nitrogen and oxygen atoms in total. The molecule has 0 bridgehead atoms. The van der Waals surface area contributed by atoms with Gasteiger partial charge in [-0.2, -0.15) is 0 Å². The Morgan fingerprint density at radius 1 is 1.20 bits per heavy atom. The maximum absolute atomic E-state index is 12.0. The molecule has 5 heteroatoms. The van der Waals surface area contributed by atoms with Crippen LogP contribution in [0.1, 0.15) is 44.2 Å². The molecule has 1 N–H and O–H groups in total. The first-order chi connectivity index (χ1) is 9.38. The average Bonchev–Trinajstić information content (AvgIpc) is 2.91. The summed E-state index contributed by atoms with van der Waals surface area (Å²) in [6.45, 7) is 1.92. The Balaban J connectivity index is 2.02. The molecule has 1 fully saturated rings. The van der Waals surface area contributed by atoms with E-state index in [1.165, 1.54) is 6.26 Å². The summed E-state index contributed by atoms with van der Waals surface area (Å²) >= 11 is 0. The second-order valence-corrected chi connectivity index (χ2v) is 7.57. The summed E-state index contributed by atoms with van der Waals surface area (Å²) in [5.74, 6) is 0.259. The average molecular weight is 295 g/mol. The van der Waals surface area contributed by atoms with Crippen molar-refractivity contribution < 1.29 is 13.2 Å². The lowest BCUT2D eigenvalue weighted by Crippen LogP contribution is -2.31. The van der Waals surface area contributed by atoms with E-state index < -0.39 is 9.84 Å². The van der Waals surface area contributed by atoms with Crippen LogP contribution in [0.25, 0.3) is 0 Å². The quantitative estimate of drug-likeness (QED) is 0.928. The summed E-state index contributed by atoms with van der Waals surface area (Å²) in [6, 6.07) is 6.59. The van der Waals surface area contributed by atoms with Gasteiger partial charge in [-0.3, -0.25) is 4.79 Å². The number of benzene rings is 1. The minimum atomic E-state index is -3.17. The Labute approximate surface area is 120 Å². The van der Waals surface area contributed by atoms with Crippen LogP contribution in [0.5, 0.6) is 0 Å². The van der Waals surface area contributed by atoms with Gasteiger partial charge in [-0.25, -0.2) is 8.42 Å². The Bertz CT molecular complexity index is 572. The fraction of sp³-hybridized carbons (Fsp3) is 0.533. The van der Waals surface area contributed by atoms with Crippen molar-refractivity contribution in [3.8, 4) is 0 Å². The van der Waals surface area contributed by atoms with E-state index in [2.05, 4.69) is 5.32 Å². The van der Waals surface area contributed by atoms with Crippen LogP contribution in [0.4, 0.5) is 0 Å². The standard InChI is InChI=1S/C15H21NO3S/c1-11(16-15(17)13-5-3-4-6-13)12-7-9-14(10-8-12)20(2,18)19/h7-11,13H,3-6H2,1-2H3,(H,16,17)/t11-/m1/s1. The molecule has 0 aliphatic heterocycles. The molecule has 1 saturated carbocycles. The second kappa shape index (κ2) is 5.95. The monoisotopic (exact) mass is 295 g/mol. The van der Waals surface area contributed by atoms with Gasteiger partial charge < -0.3 is 5.32 Å². The molecular weight excluding hydrogens is 274 g/mol. The fourth-order valence-electron chi connectivity index (χ4n) is 2.61. The molecular formula is C15H21NO3S. The van der Waals surface area contributed by atoms with Gasteiger partial charge in [-0.1, -0.05) is 25.0 Å². The van der Waals surface area contributed by atoms with Crippen molar-refractivity contribution in [1.29, 1.82) is 0 Å². The molecule has 1 aliphatic carbocycles. The van der Waals surface area contributed by atoms with Crippen LogP contribution in [0.15, 0.2) is 29.2 Å². The van der Waals surface area contributed by atoms with Gasteiger partial charge in [0.2, 0.25) is 5.91 Å². The van der Waals surface area contributed by atoms with Crippen LogP contribution in [0.3, 0.4) is 0 Å². The third-order valence-corrected chi connectivity index (χ3v) is 5.02. The van der Waals surface area contributed by atoms with Gasteiger partial charge in [-0.15, -0.1) is 0 Å². The minimum Gasteiger partial charge on any atom is -0.349 e. The molecule has 110 valence electrons. The molecule has 1 atom stereocenters. The zero-order valence-electron chi connectivity index (χ0n) is 11.9. The summed E-state index contributed by atoms with van der Waals surface area (Å²) in [5, 5.41) is 3.01. The predicted octanol–water partition coefficient (Wildman–Crippen LogP) is 2.46.